The van der Waals surface area contributed by atoms with E-state index in [4.69, 9.17) is 10.3 Å². The molecule has 13 heavy (non-hydrogen) atoms. The number of nitrogens with zero attached hydrogens (tertiary/aromatic N) is 1. The van der Waals surface area contributed by atoms with Crippen LogP contribution in [-0.2, 0) is 7.05 Å². The minimum atomic E-state index is -0.186. The van der Waals surface area contributed by atoms with Gasteiger partial charge >= 0.3 is 0 Å². The molecule has 1 heterocycles. The number of nitrogens with two attached hydrogens (primary N) is 1. The molecule has 2 N–H and O–H groups in total. The summed E-state index contributed by atoms with van der Waals surface area (Å²) in [5, 5.41) is 0.488. The van der Waals surface area contributed by atoms with E-state index in [9.17, 15) is 4.79 Å². The Balaban J connectivity index is 3.09. The van der Waals surface area contributed by atoms with E-state index in [2.05, 4.69) is 15.9 Å². The van der Waals surface area contributed by atoms with Crippen molar-refractivity contribution in [1.82, 2.24) is 4.74 Å². The highest BCUT2D eigenvalue weighted by Crippen LogP contribution is 2.25. The van der Waals surface area contributed by atoms with Gasteiger partial charge in [0.1, 0.15) is 5.39 Å². The lowest BCUT2D eigenvalue weighted by atomic mass is 10.2. The minimum Gasteiger partial charge on any atom is -0.396 e. The summed E-state index contributed by atoms with van der Waals surface area (Å²) < 4.78 is 7.02. The van der Waals surface area contributed by atoms with Gasteiger partial charge in [-0.05, 0) is 28.1 Å². The fourth-order valence-corrected chi connectivity index (χ4v) is 1.69. The summed E-state index contributed by atoms with van der Waals surface area (Å²) in [5.74, 6) is 0. The monoisotopic (exact) mass is 242 g/mol. The summed E-state index contributed by atoms with van der Waals surface area (Å²) in [7, 11) is 1.55. The molecule has 0 aliphatic carbocycles. The predicted molar refractivity (Wildman–Crippen MR) is 53.6 cm³/mol. The number of nitrogen functional groups attached to an aromatic ring is 1. The number of halogens is 1. The summed E-state index contributed by atoms with van der Waals surface area (Å²) in [4.78, 5) is 11.5. The lowest BCUT2D eigenvalue weighted by molar-refractivity contribution is 0.324. The molecule has 0 fully saturated rings. The van der Waals surface area contributed by atoms with E-state index in [1.807, 2.05) is 0 Å². The van der Waals surface area contributed by atoms with Gasteiger partial charge in [0.05, 0.1) is 5.69 Å². The molecule has 0 atom stereocenters. The number of fused-ring (bicyclic) bond motifs is 1. The minimum absolute atomic E-state index is 0.186. The average Bonchev–Trinajstić information content (AvgIpc) is 2.38. The summed E-state index contributed by atoms with van der Waals surface area (Å²) >= 11 is 3.27. The third-order valence-electron chi connectivity index (χ3n) is 1.87. The van der Waals surface area contributed by atoms with Crippen LogP contribution >= 0.6 is 15.9 Å². The van der Waals surface area contributed by atoms with Gasteiger partial charge in [0, 0.05) is 11.5 Å². The molecule has 0 spiro atoms. The lowest BCUT2D eigenvalue weighted by Gasteiger charge is -1.93. The van der Waals surface area contributed by atoms with Crippen LogP contribution in [0.3, 0.4) is 0 Å². The van der Waals surface area contributed by atoms with Gasteiger partial charge in [0.2, 0.25) is 0 Å². The van der Waals surface area contributed by atoms with Gasteiger partial charge in [-0.15, -0.1) is 0 Å². The van der Waals surface area contributed by atoms with E-state index in [1.54, 1.807) is 19.2 Å². The lowest BCUT2D eigenvalue weighted by Crippen LogP contribution is -2.09. The maximum absolute atomic E-state index is 11.5. The highest BCUT2D eigenvalue weighted by Gasteiger charge is 2.12. The second-order valence-electron chi connectivity index (χ2n) is 2.73. The SMILES string of the molecule is Cn1oc2c(N)ccc(Br)c2c1=O. The van der Waals surface area contributed by atoms with Gasteiger partial charge in [-0.25, -0.2) is 0 Å². The summed E-state index contributed by atoms with van der Waals surface area (Å²) in [6.07, 6.45) is 0. The molecule has 0 saturated carbocycles. The maximum atomic E-state index is 11.5. The summed E-state index contributed by atoms with van der Waals surface area (Å²) in [6.45, 7) is 0. The number of benzene rings is 1. The highest BCUT2D eigenvalue weighted by molar-refractivity contribution is 9.10. The first-order valence-electron chi connectivity index (χ1n) is 3.65. The van der Waals surface area contributed by atoms with Crippen molar-refractivity contribution in [2.24, 2.45) is 7.05 Å². The molecule has 68 valence electrons. The molecule has 5 heteroatoms. The summed E-state index contributed by atoms with van der Waals surface area (Å²) in [6, 6.07) is 3.42. The second-order valence-corrected chi connectivity index (χ2v) is 3.59. The molecule has 2 aromatic rings. The molecular weight excluding hydrogens is 236 g/mol. The van der Waals surface area contributed by atoms with Crippen LogP contribution < -0.4 is 11.3 Å². The third kappa shape index (κ3) is 1.07. The van der Waals surface area contributed by atoms with E-state index in [1.165, 1.54) is 0 Å². The molecule has 0 radical (unpaired) electrons. The van der Waals surface area contributed by atoms with Gasteiger partial charge in [0.15, 0.2) is 5.58 Å². The molecular formula is C8H7BrN2O2. The molecule has 0 aliphatic rings. The quantitative estimate of drug-likeness (QED) is 0.713. The molecule has 1 aromatic heterocycles. The number of anilines is 1. The van der Waals surface area contributed by atoms with Gasteiger partial charge in [0.25, 0.3) is 5.56 Å². The van der Waals surface area contributed by atoms with Crippen LogP contribution in [0, 0.1) is 0 Å². The van der Waals surface area contributed by atoms with E-state index in [-0.39, 0.29) is 5.56 Å². The standard InChI is InChI=1S/C8H7BrN2O2/c1-11-8(12)6-4(9)2-3-5(10)7(6)13-11/h2-3H,10H2,1H3. The van der Waals surface area contributed by atoms with E-state index < -0.39 is 0 Å². The van der Waals surface area contributed by atoms with E-state index in [0.717, 1.165) is 4.74 Å². The highest BCUT2D eigenvalue weighted by atomic mass is 79.9. The Hall–Kier alpha value is -1.23. The van der Waals surface area contributed by atoms with E-state index in [0.29, 0.717) is 21.1 Å². The first kappa shape index (κ1) is 8.37. The van der Waals surface area contributed by atoms with Crippen molar-refractivity contribution in [2.75, 3.05) is 5.73 Å². The molecule has 0 aliphatic heterocycles. The number of rotatable bonds is 0. The molecule has 0 saturated heterocycles. The van der Waals surface area contributed by atoms with Crippen molar-refractivity contribution in [3.8, 4) is 0 Å². The number of aryl methyl sites for hydroxylation is 1. The van der Waals surface area contributed by atoms with E-state index >= 15 is 0 Å². The van der Waals surface area contributed by atoms with Crippen LogP contribution in [0.15, 0.2) is 25.9 Å². The fraction of sp³-hybridized carbons (Fsp3) is 0.125. The molecule has 1 aromatic carbocycles. The number of hydrogen-bond donors (Lipinski definition) is 1. The van der Waals surface area contributed by atoms with Gasteiger partial charge in [-0.1, -0.05) is 0 Å². The zero-order chi connectivity index (χ0) is 9.59. The first-order valence-corrected chi connectivity index (χ1v) is 4.44. The third-order valence-corrected chi connectivity index (χ3v) is 2.53. The normalized spacial score (nSPS) is 10.9. The Labute approximate surface area is 82.0 Å². The molecule has 0 unspecified atom stereocenters. The summed E-state index contributed by atoms with van der Waals surface area (Å²) in [5.41, 5.74) is 6.36. The van der Waals surface area contributed by atoms with Gasteiger partial charge in [-0.3, -0.25) is 4.79 Å². The van der Waals surface area contributed by atoms with Crippen LogP contribution in [0.2, 0.25) is 0 Å². The van der Waals surface area contributed by atoms with Crippen LogP contribution in [0.25, 0.3) is 11.0 Å². The smallest absolute Gasteiger partial charge is 0.291 e. The van der Waals surface area contributed by atoms with Crippen molar-refractivity contribution in [2.45, 2.75) is 0 Å². The average molecular weight is 243 g/mol. The van der Waals surface area contributed by atoms with Crippen molar-refractivity contribution >= 4 is 32.6 Å². The second kappa shape index (κ2) is 2.63. The maximum Gasteiger partial charge on any atom is 0.291 e. The molecule has 0 amide bonds. The topological polar surface area (TPSA) is 61.2 Å². The van der Waals surface area contributed by atoms with Gasteiger partial charge in [-0.2, -0.15) is 4.74 Å². The number of hydrogen-bond acceptors (Lipinski definition) is 3. The fourth-order valence-electron chi connectivity index (χ4n) is 1.21. The number of aromatic nitrogens is 1. The Morgan fingerprint density at radius 2 is 2.23 bits per heavy atom. The Morgan fingerprint density at radius 3 is 2.85 bits per heavy atom. The largest absolute Gasteiger partial charge is 0.396 e. The molecule has 2 rings (SSSR count). The van der Waals surface area contributed by atoms with Crippen molar-refractivity contribution in [1.29, 1.82) is 0 Å². The zero-order valence-corrected chi connectivity index (χ0v) is 8.46. The van der Waals surface area contributed by atoms with Crippen molar-refractivity contribution < 1.29 is 4.52 Å². The Bertz CT molecular complexity index is 527. The van der Waals surface area contributed by atoms with Crippen molar-refractivity contribution in [3.63, 3.8) is 0 Å². The Kier molecular flexibility index (Phi) is 1.69. The van der Waals surface area contributed by atoms with Gasteiger partial charge < -0.3 is 10.3 Å². The van der Waals surface area contributed by atoms with Crippen LogP contribution in [0.5, 0.6) is 0 Å². The van der Waals surface area contributed by atoms with Crippen LogP contribution in [-0.4, -0.2) is 4.74 Å². The zero-order valence-electron chi connectivity index (χ0n) is 6.87. The van der Waals surface area contributed by atoms with Crippen LogP contribution in [0.4, 0.5) is 5.69 Å². The van der Waals surface area contributed by atoms with Crippen molar-refractivity contribution in [3.05, 3.63) is 27.0 Å². The predicted octanol–water partition coefficient (Wildman–Crippen LogP) is 1.48. The first-order chi connectivity index (χ1) is 6.11. The van der Waals surface area contributed by atoms with Crippen LogP contribution in [0.1, 0.15) is 0 Å². The molecule has 0 bridgehead atoms. The molecule has 4 nitrogen and oxygen atoms in total. The Morgan fingerprint density at radius 1 is 1.54 bits per heavy atom.